The summed E-state index contributed by atoms with van der Waals surface area (Å²) in [5.41, 5.74) is 0.915. The fourth-order valence-electron chi connectivity index (χ4n) is 2.12. The number of aromatic amines is 1. The highest BCUT2D eigenvalue weighted by Gasteiger charge is 2.27. The van der Waals surface area contributed by atoms with E-state index in [0.29, 0.717) is 12.6 Å². The Balaban J connectivity index is 1.63. The molecule has 0 aliphatic heterocycles. The minimum atomic E-state index is -0.133. The van der Waals surface area contributed by atoms with Crippen molar-refractivity contribution in [3.63, 3.8) is 0 Å². The molecule has 0 unspecified atom stereocenters. The van der Waals surface area contributed by atoms with Crippen molar-refractivity contribution in [2.24, 2.45) is 0 Å². The van der Waals surface area contributed by atoms with Gasteiger partial charge >= 0.3 is 5.69 Å². The highest BCUT2D eigenvalue weighted by atomic mass is 32.2. The van der Waals surface area contributed by atoms with Crippen LogP contribution in [0.3, 0.4) is 0 Å². The molecule has 2 aromatic rings. The summed E-state index contributed by atoms with van der Waals surface area (Å²) in [7, 11) is 2.11. The molecule has 1 fully saturated rings. The normalized spacial score (nSPS) is 14.6. The second-order valence-corrected chi connectivity index (χ2v) is 6.99. The molecule has 1 aliphatic carbocycles. The van der Waals surface area contributed by atoms with Crippen molar-refractivity contribution in [2.45, 2.75) is 49.7 Å². The van der Waals surface area contributed by atoms with Crippen LogP contribution in [0.25, 0.3) is 0 Å². The van der Waals surface area contributed by atoms with Crippen LogP contribution in [0.15, 0.2) is 15.3 Å². The number of rotatable bonds is 7. The van der Waals surface area contributed by atoms with Gasteiger partial charge in [0.15, 0.2) is 10.3 Å². The zero-order chi connectivity index (χ0) is 14.8. The molecule has 1 saturated carbocycles. The van der Waals surface area contributed by atoms with Crippen molar-refractivity contribution in [3.05, 3.63) is 21.6 Å². The van der Waals surface area contributed by atoms with Gasteiger partial charge in [-0.3, -0.25) is 4.57 Å². The Morgan fingerprint density at radius 3 is 3.10 bits per heavy atom. The number of thiazole rings is 1. The first-order chi connectivity index (χ1) is 10.2. The Labute approximate surface area is 131 Å². The van der Waals surface area contributed by atoms with Gasteiger partial charge in [-0.05, 0) is 19.3 Å². The third-order valence-corrected chi connectivity index (χ3v) is 5.45. The summed E-state index contributed by atoms with van der Waals surface area (Å²) in [5.74, 6) is 0.739. The number of nitrogens with zero attached hydrogens (tertiary/aromatic N) is 4. The topological polar surface area (TPSA) is 66.8 Å². The Hall–Kier alpha value is -1.28. The maximum atomic E-state index is 11.6. The van der Waals surface area contributed by atoms with Crippen LogP contribution in [0.1, 0.15) is 31.9 Å². The van der Waals surface area contributed by atoms with E-state index in [1.165, 1.54) is 12.8 Å². The number of H-pyrrole nitrogens is 1. The minimum Gasteiger partial charge on any atom is -0.348 e. The summed E-state index contributed by atoms with van der Waals surface area (Å²) in [4.78, 5) is 18.6. The highest BCUT2D eigenvalue weighted by Crippen LogP contribution is 2.32. The lowest BCUT2D eigenvalue weighted by molar-refractivity contribution is 0.603. The van der Waals surface area contributed by atoms with Gasteiger partial charge in [0.2, 0.25) is 0 Å². The summed E-state index contributed by atoms with van der Waals surface area (Å²) >= 11 is 3.24. The van der Waals surface area contributed by atoms with Crippen LogP contribution in [-0.4, -0.2) is 32.8 Å². The van der Waals surface area contributed by atoms with Crippen LogP contribution in [0, 0.1) is 0 Å². The first-order valence-corrected chi connectivity index (χ1v) is 9.00. The molecule has 1 aliphatic rings. The molecule has 0 amide bonds. The fraction of sp³-hybridized carbons (Fsp3) is 0.615. The lowest BCUT2D eigenvalue weighted by atomic mass is 10.5. The Morgan fingerprint density at radius 1 is 1.57 bits per heavy atom. The maximum absolute atomic E-state index is 11.6. The van der Waals surface area contributed by atoms with Crippen molar-refractivity contribution in [3.8, 4) is 0 Å². The van der Waals surface area contributed by atoms with E-state index in [9.17, 15) is 4.79 Å². The van der Waals surface area contributed by atoms with Gasteiger partial charge in [0.1, 0.15) is 0 Å². The van der Waals surface area contributed by atoms with E-state index in [1.807, 2.05) is 6.92 Å². The molecule has 0 aromatic carbocycles. The third kappa shape index (κ3) is 3.32. The summed E-state index contributed by atoms with van der Waals surface area (Å²) < 4.78 is 1.69. The lowest BCUT2D eigenvalue weighted by Crippen LogP contribution is -2.19. The lowest BCUT2D eigenvalue weighted by Gasteiger charge is -2.13. The summed E-state index contributed by atoms with van der Waals surface area (Å²) in [6.45, 7) is 2.75. The molecule has 0 radical (unpaired) electrons. The van der Waals surface area contributed by atoms with E-state index >= 15 is 0 Å². The molecule has 6 nitrogen and oxygen atoms in total. The first kappa shape index (κ1) is 14.6. The minimum absolute atomic E-state index is 0.133. The largest absolute Gasteiger partial charge is 0.348 e. The average molecular weight is 325 g/mol. The maximum Gasteiger partial charge on any atom is 0.343 e. The van der Waals surface area contributed by atoms with Crippen molar-refractivity contribution in [1.29, 1.82) is 0 Å². The molecule has 0 bridgehead atoms. The summed E-state index contributed by atoms with van der Waals surface area (Å²) in [5, 5.41) is 10.5. The summed E-state index contributed by atoms with van der Waals surface area (Å²) in [6.07, 6.45) is 3.47. The van der Waals surface area contributed by atoms with E-state index in [-0.39, 0.29) is 5.69 Å². The van der Waals surface area contributed by atoms with Gasteiger partial charge in [0.05, 0.1) is 5.69 Å². The molecule has 1 N–H and O–H groups in total. The van der Waals surface area contributed by atoms with E-state index in [0.717, 1.165) is 28.2 Å². The molecule has 3 rings (SSSR count). The molecular weight excluding hydrogens is 306 g/mol. The van der Waals surface area contributed by atoms with Gasteiger partial charge < -0.3 is 4.90 Å². The number of nitrogens with one attached hydrogen (secondary N) is 1. The van der Waals surface area contributed by atoms with Crippen LogP contribution < -0.4 is 10.6 Å². The predicted octanol–water partition coefficient (Wildman–Crippen LogP) is 2.33. The molecule has 8 heteroatoms. The van der Waals surface area contributed by atoms with Crippen LogP contribution in [0.4, 0.5) is 5.13 Å². The molecule has 2 heterocycles. The van der Waals surface area contributed by atoms with E-state index in [1.54, 1.807) is 27.7 Å². The van der Waals surface area contributed by atoms with Crippen molar-refractivity contribution >= 4 is 28.2 Å². The second-order valence-electron chi connectivity index (χ2n) is 5.22. The van der Waals surface area contributed by atoms with Gasteiger partial charge in [-0.1, -0.05) is 18.7 Å². The zero-order valence-corrected chi connectivity index (χ0v) is 13.8. The molecule has 21 heavy (non-hydrogen) atoms. The van der Waals surface area contributed by atoms with Crippen molar-refractivity contribution in [1.82, 2.24) is 19.7 Å². The van der Waals surface area contributed by atoms with Gasteiger partial charge in [-0.2, -0.15) is 0 Å². The molecular formula is C13H19N5OS2. The molecule has 114 valence electrons. The van der Waals surface area contributed by atoms with E-state index in [2.05, 4.69) is 32.5 Å². The number of hydrogen-bond donors (Lipinski definition) is 1. The number of hydrogen-bond acceptors (Lipinski definition) is 6. The van der Waals surface area contributed by atoms with Gasteiger partial charge in [0, 0.05) is 30.8 Å². The van der Waals surface area contributed by atoms with Gasteiger partial charge in [-0.15, -0.1) is 16.4 Å². The fourth-order valence-corrected chi connectivity index (χ4v) is 3.95. The smallest absolute Gasteiger partial charge is 0.343 e. The van der Waals surface area contributed by atoms with Gasteiger partial charge in [0.25, 0.3) is 0 Å². The zero-order valence-electron chi connectivity index (χ0n) is 12.2. The quantitative estimate of drug-likeness (QED) is 0.791. The Morgan fingerprint density at radius 2 is 2.38 bits per heavy atom. The van der Waals surface area contributed by atoms with Crippen molar-refractivity contribution in [2.75, 3.05) is 11.9 Å². The second kappa shape index (κ2) is 6.23. The molecule has 0 spiro atoms. The van der Waals surface area contributed by atoms with Gasteiger partial charge in [-0.25, -0.2) is 14.9 Å². The highest BCUT2D eigenvalue weighted by molar-refractivity contribution is 7.98. The molecule has 0 saturated heterocycles. The SMILES string of the molecule is CCCn1c(SCc2csc(N(C)C3CC3)n2)n[nH]c1=O. The first-order valence-electron chi connectivity index (χ1n) is 7.14. The summed E-state index contributed by atoms with van der Waals surface area (Å²) in [6, 6.07) is 0.678. The van der Waals surface area contributed by atoms with E-state index in [4.69, 9.17) is 0 Å². The van der Waals surface area contributed by atoms with Crippen LogP contribution in [0.5, 0.6) is 0 Å². The number of thioether (sulfide) groups is 1. The average Bonchev–Trinajstić information content (AvgIpc) is 3.13. The van der Waals surface area contributed by atoms with Crippen molar-refractivity contribution < 1.29 is 0 Å². The van der Waals surface area contributed by atoms with Crippen LogP contribution in [-0.2, 0) is 12.3 Å². The Kier molecular flexibility index (Phi) is 4.34. The predicted molar refractivity (Wildman–Crippen MR) is 86.2 cm³/mol. The number of aromatic nitrogens is 4. The van der Waals surface area contributed by atoms with E-state index < -0.39 is 0 Å². The molecule has 2 aromatic heterocycles. The monoisotopic (exact) mass is 325 g/mol. The Bertz CT molecular complexity index is 658. The van der Waals surface area contributed by atoms with Crippen LogP contribution in [0.2, 0.25) is 0 Å². The van der Waals surface area contributed by atoms with Crippen LogP contribution >= 0.6 is 23.1 Å². The third-order valence-electron chi connectivity index (χ3n) is 3.46. The standard InChI is InChI=1S/C13H19N5OS2/c1-3-6-18-11(19)15-16-13(18)21-8-9-7-20-12(14-9)17(2)10-4-5-10/h7,10H,3-6,8H2,1-2H3,(H,15,19). The number of anilines is 1. The molecule has 0 atom stereocenters.